The first-order chi connectivity index (χ1) is 14.5. The summed E-state index contributed by atoms with van der Waals surface area (Å²) in [4.78, 5) is 17.3. The molecular formula is C23H34N6O. The van der Waals surface area contributed by atoms with Gasteiger partial charge in [0.1, 0.15) is 0 Å². The molecule has 0 spiro atoms. The van der Waals surface area contributed by atoms with Crippen molar-refractivity contribution in [3.05, 3.63) is 47.8 Å². The van der Waals surface area contributed by atoms with Crippen LogP contribution >= 0.6 is 0 Å². The molecule has 3 saturated heterocycles. The molecule has 5 rings (SSSR count). The van der Waals surface area contributed by atoms with Crippen LogP contribution in [0.2, 0.25) is 0 Å². The summed E-state index contributed by atoms with van der Waals surface area (Å²) in [5.74, 6) is 0.844. The van der Waals surface area contributed by atoms with Gasteiger partial charge < -0.3 is 5.32 Å². The lowest BCUT2D eigenvalue weighted by Crippen LogP contribution is -2.58. The van der Waals surface area contributed by atoms with Gasteiger partial charge in [-0.25, -0.2) is 0 Å². The summed E-state index contributed by atoms with van der Waals surface area (Å²) in [5.41, 5.74) is 2.30. The van der Waals surface area contributed by atoms with Crippen LogP contribution in [0.1, 0.15) is 37.9 Å². The molecule has 30 heavy (non-hydrogen) atoms. The lowest BCUT2D eigenvalue weighted by Gasteiger charge is -2.49. The summed E-state index contributed by atoms with van der Waals surface area (Å²) in [6, 6.07) is 11.1. The second-order valence-electron chi connectivity index (χ2n) is 9.29. The quantitative estimate of drug-likeness (QED) is 0.722. The SMILES string of the molecule is CC(C)NC(=O)[C@H]1CN2CC[C@@H]1C[C@@H]2Cn1cc(CN(C)Cc2ccccc2)nn1. The van der Waals surface area contributed by atoms with Crippen LogP contribution in [-0.4, -0.2) is 62.9 Å². The van der Waals surface area contributed by atoms with Gasteiger partial charge in [-0.3, -0.25) is 19.3 Å². The molecule has 1 amide bonds. The number of hydrogen-bond donors (Lipinski definition) is 1. The van der Waals surface area contributed by atoms with Crippen LogP contribution in [0.5, 0.6) is 0 Å². The van der Waals surface area contributed by atoms with Gasteiger partial charge in [0.2, 0.25) is 5.91 Å². The number of benzene rings is 1. The highest BCUT2D eigenvalue weighted by Crippen LogP contribution is 2.37. The Morgan fingerprint density at radius 3 is 2.77 bits per heavy atom. The fourth-order valence-corrected chi connectivity index (χ4v) is 4.96. The number of nitrogens with one attached hydrogen (secondary N) is 1. The molecule has 0 saturated carbocycles. The molecule has 4 atom stereocenters. The standard InChI is InChI=1S/C23H34N6O/c1-17(2)24-23(30)22-16-28-10-9-19(22)11-21(28)15-29-14-20(25-26-29)13-27(3)12-18-7-5-4-6-8-18/h4-8,14,17,19,21-22H,9-13,15-16H2,1-3H3,(H,24,30)/t19-,21-,22+/m1/s1. The van der Waals surface area contributed by atoms with Crippen LogP contribution in [0.3, 0.4) is 0 Å². The first-order valence-corrected chi connectivity index (χ1v) is 11.1. The van der Waals surface area contributed by atoms with Gasteiger partial charge in [0.15, 0.2) is 0 Å². The topological polar surface area (TPSA) is 66.3 Å². The van der Waals surface area contributed by atoms with Gasteiger partial charge in [-0.2, -0.15) is 0 Å². The Balaban J connectivity index is 1.30. The van der Waals surface area contributed by atoms with Crippen LogP contribution in [0.4, 0.5) is 0 Å². The third-order valence-electron chi connectivity index (χ3n) is 6.36. The van der Waals surface area contributed by atoms with Gasteiger partial charge >= 0.3 is 0 Å². The molecule has 4 heterocycles. The van der Waals surface area contributed by atoms with Crippen molar-refractivity contribution in [1.82, 2.24) is 30.1 Å². The number of fused-ring (bicyclic) bond motifs is 3. The number of hydrogen-bond acceptors (Lipinski definition) is 5. The first kappa shape index (κ1) is 21.0. The minimum atomic E-state index is 0.135. The maximum atomic E-state index is 12.5. The maximum Gasteiger partial charge on any atom is 0.224 e. The highest BCUT2D eigenvalue weighted by molar-refractivity contribution is 5.79. The zero-order valence-electron chi connectivity index (χ0n) is 18.4. The molecule has 1 unspecified atom stereocenters. The second kappa shape index (κ2) is 9.27. The molecule has 0 radical (unpaired) electrons. The predicted octanol–water partition coefficient (Wildman–Crippen LogP) is 2.15. The number of carbonyl (C=O) groups is 1. The zero-order chi connectivity index (χ0) is 21.1. The number of piperidine rings is 3. The van der Waals surface area contributed by atoms with Crippen molar-refractivity contribution < 1.29 is 4.79 Å². The zero-order valence-corrected chi connectivity index (χ0v) is 18.4. The van der Waals surface area contributed by atoms with Crippen LogP contribution < -0.4 is 5.32 Å². The number of rotatable bonds is 8. The summed E-state index contributed by atoms with van der Waals surface area (Å²) in [6.07, 6.45) is 4.27. The van der Waals surface area contributed by atoms with E-state index in [-0.39, 0.29) is 17.9 Å². The van der Waals surface area contributed by atoms with Crippen LogP contribution in [0.25, 0.3) is 0 Å². The highest BCUT2D eigenvalue weighted by atomic mass is 16.2. The lowest BCUT2D eigenvalue weighted by atomic mass is 9.75. The summed E-state index contributed by atoms with van der Waals surface area (Å²) in [7, 11) is 2.11. The Kier molecular flexibility index (Phi) is 6.49. The van der Waals surface area contributed by atoms with Crippen molar-refractivity contribution in [3.63, 3.8) is 0 Å². The first-order valence-electron chi connectivity index (χ1n) is 11.1. The van der Waals surface area contributed by atoms with Gasteiger partial charge in [0.25, 0.3) is 0 Å². The summed E-state index contributed by atoms with van der Waals surface area (Å²) in [5, 5.41) is 11.9. The van der Waals surface area contributed by atoms with Crippen LogP contribution in [0, 0.1) is 11.8 Å². The number of aromatic nitrogens is 3. The van der Waals surface area contributed by atoms with Crippen molar-refractivity contribution in [3.8, 4) is 0 Å². The minimum absolute atomic E-state index is 0.135. The van der Waals surface area contributed by atoms with Gasteiger partial charge in [-0.05, 0) is 51.8 Å². The van der Waals surface area contributed by atoms with E-state index < -0.39 is 0 Å². The third kappa shape index (κ3) is 5.08. The molecule has 7 heteroatoms. The Bertz CT molecular complexity index is 835. The smallest absolute Gasteiger partial charge is 0.224 e. The predicted molar refractivity (Wildman–Crippen MR) is 116 cm³/mol. The summed E-state index contributed by atoms with van der Waals surface area (Å²) >= 11 is 0. The van der Waals surface area contributed by atoms with Crippen molar-refractivity contribution in [2.45, 2.75) is 58.4 Å². The van der Waals surface area contributed by atoms with Gasteiger partial charge in [0.05, 0.1) is 18.2 Å². The normalized spacial score (nSPS) is 25.8. The molecular weight excluding hydrogens is 376 g/mol. The van der Waals surface area contributed by atoms with Crippen molar-refractivity contribution >= 4 is 5.91 Å². The average molecular weight is 411 g/mol. The van der Waals surface area contributed by atoms with E-state index in [0.717, 1.165) is 51.3 Å². The number of carbonyl (C=O) groups excluding carboxylic acids is 1. The van der Waals surface area contributed by atoms with Gasteiger partial charge in [-0.15, -0.1) is 5.10 Å². The molecule has 2 bridgehead atoms. The molecule has 1 N–H and O–H groups in total. The molecule has 0 aliphatic carbocycles. The van der Waals surface area contributed by atoms with E-state index in [2.05, 4.69) is 62.9 Å². The monoisotopic (exact) mass is 410 g/mol. The molecule has 162 valence electrons. The molecule has 3 aliphatic heterocycles. The van der Waals surface area contributed by atoms with Gasteiger partial charge in [-0.1, -0.05) is 35.5 Å². The summed E-state index contributed by atoms with van der Waals surface area (Å²) < 4.78 is 1.99. The fourth-order valence-electron chi connectivity index (χ4n) is 4.96. The van der Waals surface area contributed by atoms with E-state index >= 15 is 0 Å². The number of nitrogens with zero attached hydrogens (tertiary/aromatic N) is 5. The van der Waals surface area contributed by atoms with Crippen LogP contribution in [-0.2, 0) is 24.4 Å². The van der Waals surface area contributed by atoms with Gasteiger partial charge in [0, 0.05) is 37.9 Å². The second-order valence-corrected chi connectivity index (χ2v) is 9.29. The highest BCUT2D eigenvalue weighted by Gasteiger charge is 2.43. The van der Waals surface area contributed by atoms with E-state index in [4.69, 9.17) is 0 Å². The average Bonchev–Trinajstić information content (AvgIpc) is 3.15. The Hall–Kier alpha value is -2.25. The largest absolute Gasteiger partial charge is 0.354 e. The third-order valence-corrected chi connectivity index (χ3v) is 6.36. The van der Waals surface area contributed by atoms with Crippen LogP contribution in [0.15, 0.2) is 36.5 Å². The van der Waals surface area contributed by atoms with Crippen molar-refractivity contribution in [2.75, 3.05) is 20.1 Å². The van der Waals surface area contributed by atoms with Crippen molar-refractivity contribution in [1.29, 1.82) is 0 Å². The molecule has 1 aromatic heterocycles. The summed E-state index contributed by atoms with van der Waals surface area (Å²) in [6.45, 7) is 8.54. The maximum absolute atomic E-state index is 12.5. The van der Waals surface area contributed by atoms with E-state index in [1.54, 1.807) is 0 Å². The minimum Gasteiger partial charge on any atom is -0.354 e. The Morgan fingerprint density at radius 1 is 1.27 bits per heavy atom. The fraction of sp³-hybridized carbons (Fsp3) is 0.609. The van der Waals surface area contributed by atoms with E-state index in [1.165, 1.54) is 5.56 Å². The molecule has 3 aliphatic rings. The number of amides is 1. The van der Waals surface area contributed by atoms with Crippen molar-refractivity contribution in [2.24, 2.45) is 11.8 Å². The molecule has 2 aromatic rings. The van der Waals surface area contributed by atoms with E-state index in [0.29, 0.717) is 12.0 Å². The Labute approximate surface area is 179 Å². The van der Waals surface area contributed by atoms with E-state index in [9.17, 15) is 4.79 Å². The van der Waals surface area contributed by atoms with E-state index in [1.807, 2.05) is 24.6 Å². The molecule has 7 nitrogen and oxygen atoms in total. The lowest BCUT2D eigenvalue weighted by molar-refractivity contribution is -0.133. The molecule has 1 aromatic carbocycles. The Morgan fingerprint density at radius 2 is 2.07 bits per heavy atom. The molecule has 3 fully saturated rings.